The van der Waals surface area contributed by atoms with Crippen LogP contribution in [0.4, 0.5) is 5.69 Å². The molecule has 2 rings (SSSR count). The van der Waals surface area contributed by atoms with Gasteiger partial charge in [0.15, 0.2) is 0 Å². The summed E-state index contributed by atoms with van der Waals surface area (Å²) in [4.78, 5) is 12.6. The van der Waals surface area contributed by atoms with Crippen LogP contribution >= 0.6 is 11.6 Å². The third-order valence-electron chi connectivity index (χ3n) is 4.09. The van der Waals surface area contributed by atoms with E-state index in [-0.39, 0.29) is 11.8 Å². The first-order valence-electron chi connectivity index (χ1n) is 6.71. The molecule has 1 aromatic carbocycles. The average molecular weight is 292 g/mol. The number of nitrogens with zero attached hydrogens (tertiary/aromatic N) is 1. The first kappa shape index (κ1) is 14.8. The van der Waals surface area contributed by atoms with Gasteiger partial charge < -0.3 is 10.6 Å². The number of nitriles is 1. The van der Waals surface area contributed by atoms with E-state index in [0.29, 0.717) is 22.8 Å². The second kappa shape index (κ2) is 5.82. The number of benzene rings is 1. The van der Waals surface area contributed by atoms with Gasteiger partial charge in [0.1, 0.15) is 0 Å². The van der Waals surface area contributed by atoms with Crippen molar-refractivity contribution in [3.05, 3.63) is 28.8 Å². The molecule has 20 heavy (non-hydrogen) atoms. The highest BCUT2D eigenvalue weighted by atomic mass is 35.5. The summed E-state index contributed by atoms with van der Waals surface area (Å²) >= 11 is 6.09. The van der Waals surface area contributed by atoms with E-state index in [9.17, 15) is 4.79 Å². The van der Waals surface area contributed by atoms with Crippen LogP contribution < -0.4 is 10.6 Å². The van der Waals surface area contributed by atoms with Crippen LogP contribution in [0.25, 0.3) is 0 Å². The Morgan fingerprint density at radius 2 is 2.30 bits per heavy atom. The highest BCUT2D eigenvalue weighted by molar-refractivity contribution is 6.33. The smallest absolute Gasteiger partial charge is 0.232 e. The zero-order chi connectivity index (χ0) is 14.8. The van der Waals surface area contributed by atoms with Gasteiger partial charge >= 0.3 is 0 Å². The molecule has 1 saturated heterocycles. The molecule has 2 N–H and O–H groups in total. The van der Waals surface area contributed by atoms with E-state index < -0.39 is 5.41 Å². The molecule has 1 fully saturated rings. The third-order valence-corrected chi connectivity index (χ3v) is 4.42. The van der Waals surface area contributed by atoms with Crippen molar-refractivity contribution in [3.63, 3.8) is 0 Å². The number of carbonyl (C=O) groups is 1. The van der Waals surface area contributed by atoms with Crippen LogP contribution in [0.5, 0.6) is 0 Å². The quantitative estimate of drug-likeness (QED) is 0.900. The Morgan fingerprint density at radius 1 is 1.55 bits per heavy atom. The molecule has 0 bridgehead atoms. The predicted molar refractivity (Wildman–Crippen MR) is 79.6 cm³/mol. The van der Waals surface area contributed by atoms with Gasteiger partial charge in [-0.15, -0.1) is 0 Å². The van der Waals surface area contributed by atoms with Gasteiger partial charge in [-0.2, -0.15) is 5.26 Å². The van der Waals surface area contributed by atoms with Crippen molar-refractivity contribution in [2.24, 2.45) is 11.3 Å². The molecule has 0 saturated carbocycles. The van der Waals surface area contributed by atoms with Gasteiger partial charge in [0.25, 0.3) is 0 Å². The summed E-state index contributed by atoms with van der Waals surface area (Å²) in [5.74, 6) is 0.199. The molecule has 1 amide bonds. The maximum Gasteiger partial charge on any atom is 0.232 e. The fourth-order valence-corrected chi connectivity index (χ4v) is 2.76. The minimum atomic E-state index is -0.411. The minimum Gasteiger partial charge on any atom is -0.324 e. The van der Waals surface area contributed by atoms with E-state index in [1.807, 2.05) is 6.07 Å². The van der Waals surface area contributed by atoms with Gasteiger partial charge in [-0.25, -0.2) is 0 Å². The van der Waals surface area contributed by atoms with Gasteiger partial charge in [-0.3, -0.25) is 4.79 Å². The molecular formula is C15H18ClN3O. The Labute approximate surface area is 124 Å². The lowest BCUT2D eigenvalue weighted by molar-refractivity contribution is -0.126. The number of anilines is 1. The van der Waals surface area contributed by atoms with Crippen molar-refractivity contribution in [1.82, 2.24) is 5.32 Å². The third kappa shape index (κ3) is 2.65. The molecule has 0 aliphatic carbocycles. The number of amides is 1. The van der Waals surface area contributed by atoms with Crippen molar-refractivity contribution in [2.75, 3.05) is 18.4 Å². The molecule has 1 aromatic rings. The van der Waals surface area contributed by atoms with Crippen molar-refractivity contribution in [2.45, 2.75) is 20.3 Å². The average Bonchev–Trinajstić information content (AvgIpc) is 2.92. The summed E-state index contributed by atoms with van der Waals surface area (Å²) in [7, 11) is 0. The van der Waals surface area contributed by atoms with Crippen LogP contribution in [-0.4, -0.2) is 19.0 Å². The SMILES string of the molecule is CC(C)C1(C(=O)Nc2cc(C#N)ccc2Cl)CCNC1. The van der Waals surface area contributed by atoms with Crippen LogP contribution in [-0.2, 0) is 4.79 Å². The highest BCUT2D eigenvalue weighted by Gasteiger charge is 2.43. The Kier molecular flexibility index (Phi) is 4.32. The van der Waals surface area contributed by atoms with Crippen LogP contribution in [0.3, 0.4) is 0 Å². The van der Waals surface area contributed by atoms with Crippen LogP contribution in [0.1, 0.15) is 25.8 Å². The molecule has 0 spiro atoms. The molecule has 0 radical (unpaired) electrons. The van der Waals surface area contributed by atoms with Gasteiger partial charge in [0.2, 0.25) is 5.91 Å². The van der Waals surface area contributed by atoms with Crippen molar-refractivity contribution in [3.8, 4) is 6.07 Å². The standard InChI is InChI=1S/C15H18ClN3O/c1-10(2)15(5-6-18-9-15)14(20)19-13-7-11(8-17)3-4-12(13)16/h3-4,7,10,18H,5-6,9H2,1-2H3,(H,19,20). The van der Waals surface area contributed by atoms with Crippen LogP contribution in [0.2, 0.25) is 5.02 Å². The summed E-state index contributed by atoms with van der Waals surface area (Å²) in [5.41, 5.74) is 0.571. The molecule has 1 unspecified atom stereocenters. The van der Waals surface area contributed by atoms with E-state index in [0.717, 1.165) is 13.0 Å². The molecule has 106 valence electrons. The van der Waals surface area contributed by atoms with E-state index in [2.05, 4.69) is 24.5 Å². The number of nitrogens with one attached hydrogen (secondary N) is 2. The predicted octanol–water partition coefficient (Wildman–Crippen LogP) is 2.79. The number of carbonyl (C=O) groups excluding carboxylic acids is 1. The zero-order valence-electron chi connectivity index (χ0n) is 11.7. The molecule has 5 heteroatoms. The molecular weight excluding hydrogens is 274 g/mol. The van der Waals surface area contributed by atoms with Crippen molar-refractivity contribution < 1.29 is 4.79 Å². The van der Waals surface area contributed by atoms with E-state index in [1.165, 1.54) is 0 Å². The number of hydrogen-bond acceptors (Lipinski definition) is 3. The topological polar surface area (TPSA) is 64.9 Å². The second-order valence-electron chi connectivity index (χ2n) is 5.50. The molecule has 1 aliphatic rings. The number of hydrogen-bond donors (Lipinski definition) is 2. The Hall–Kier alpha value is -1.57. The van der Waals surface area contributed by atoms with E-state index in [4.69, 9.17) is 16.9 Å². The second-order valence-corrected chi connectivity index (χ2v) is 5.91. The van der Waals surface area contributed by atoms with Gasteiger partial charge in [-0.1, -0.05) is 25.4 Å². The molecule has 4 nitrogen and oxygen atoms in total. The Bertz CT molecular complexity index is 557. The van der Waals surface area contributed by atoms with Crippen LogP contribution in [0.15, 0.2) is 18.2 Å². The van der Waals surface area contributed by atoms with Gasteiger partial charge in [0, 0.05) is 6.54 Å². The first-order chi connectivity index (χ1) is 9.49. The maximum atomic E-state index is 12.6. The highest BCUT2D eigenvalue weighted by Crippen LogP contribution is 2.36. The molecule has 1 aliphatic heterocycles. The summed E-state index contributed by atoms with van der Waals surface area (Å²) in [6.45, 7) is 5.63. The summed E-state index contributed by atoms with van der Waals surface area (Å²) in [5, 5.41) is 15.5. The van der Waals surface area contributed by atoms with E-state index >= 15 is 0 Å². The lowest BCUT2D eigenvalue weighted by Gasteiger charge is -2.31. The summed E-state index contributed by atoms with van der Waals surface area (Å²) in [6, 6.07) is 6.92. The van der Waals surface area contributed by atoms with Crippen molar-refractivity contribution in [1.29, 1.82) is 5.26 Å². The Balaban J connectivity index is 2.25. The van der Waals surface area contributed by atoms with Crippen molar-refractivity contribution >= 4 is 23.2 Å². The van der Waals surface area contributed by atoms with E-state index in [1.54, 1.807) is 18.2 Å². The normalized spacial score (nSPS) is 21.8. The summed E-state index contributed by atoms with van der Waals surface area (Å²) < 4.78 is 0. The lowest BCUT2D eigenvalue weighted by atomic mass is 9.75. The number of halogens is 1. The monoisotopic (exact) mass is 291 g/mol. The lowest BCUT2D eigenvalue weighted by Crippen LogP contribution is -2.42. The number of rotatable bonds is 3. The Morgan fingerprint density at radius 3 is 2.85 bits per heavy atom. The van der Waals surface area contributed by atoms with Crippen LogP contribution in [0, 0.1) is 22.7 Å². The minimum absolute atomic E-state index is 0.0329. The van der Waals surface area contributed by atoms with Gasteiger partial charge in [0.05, 0.1) is 27.8 Å². The largest absolute Gasteiger partial charge is 0.324 e. The molecule has 1 heterocycles. The van der Waals surface area contributed by atoms with Gasteiger partial charge in [-0.05, 0) is 37.1 Å². The molecule has 0 aromatic heterocycles. The fraction of sp³-hybridized carbons (Fsp3) is 0.467. The molecule has 1 atom stereocenters. The first-order valence-corrected chi connectivity index (χ1v) is 7.09. The zero-order valence-corrected chi connectivity index (χ0v) is 12.4. The summed E-state index contributed by atoms with van der Waals surface area (Å²) in [6.07, 6.45) is 0.812. The fourth-order valence-electron chi connectivity index (χ4n) is 2.60. The maximum absolute atomic E-state index is 12.6.